The fourth-order valence-electron chi connectivity index (χ4n) is 2.14. The maximum atomic E-state index is 5.98. The minimum Gasteiger partial charge on any atom is -0.457 e. The number of halogens is 3. The molecule has 0 amide bonds. The van der Waals surface area contributed by atoms with Crippen LogP contribution in [0.15, 0.2) is 63.5 Å². The van der Waals surface area contributed by atoms with Gasteiger partial charge in [0.2, 0.25) is 0 Å². The number of hydrogen-bond acceptors (Lipinski definition) is 1. The normalized spacial score (nSPS) is 10.8. The van der Waals surface area contributed by atoms with Crippen LogP contribution in [-0.4, -0.2) is 0 Å². The SMILES string of the molecule is ClCc1cc(Br)ccc1Oc1ccc2cc(Br)ccc2c1. The molecular weight excluding hydrogens is 415 g/mol. The first-order valence-corrected chi connectivity index (χ1v) is 8.49. The molecule has 0 unspecified atom stereocenters. The first-order chi connectivity index (χ1) is 10.2. The van der Waals surface area contributed by atoms with E-state index in [1.807, 2.05) is 36.4 Å². The second kappa shape index (κ2) is 6.39. The highest BCUT2D eigenvalue weighted by Gasteiger charge is 2.06. The first kappa shape index (κ1) is 14.9. The molecule has 1 nitrogen and oxygen atoms in total. The van der Waals surface area contributed by atoms with E-state index in [9.17, 15) is 0 Å². The van der Waals surface area contributed by atoms with Crippen molar-refractivity contribution in [3.63, 3.8) is 0 Å². The van der Waals surface area contributed by atoms with Gasteiger partial charge in [-0.05, 0) is 53.2 Å². The summed E-state index contributed by atoms with van der Waals surface area (Å²) in [4.78, 5) is 0. The van der Waals surface area contributed by atoms with E-state index in [1.54, 1.807) is 0 Å². The van der Waals surface area contributed by atoms with Crippen LogP contribution in [0.25, 0.3) is 10.8 Å². The molecule has 0 heterocycles. The Hall–Kier alpha value is -1.03. The van der Waals surface area contributed by atoms with Crippen molar-refractivity contribution in [2.75, 3.05) is 0 Å². The molecule has 0 aliphatic rings. The zero-order valence-electron chi connectivity index (χ0n) is 10.9. The number of benzene rings is 3. The summed E-state index contributed by atoms with van der Waals surface area (Å²) in [5.41, 5.74) is 0.960. The third-order valence-corrected chi connectivity index (χ3v) is 4.44. The van der Waals surface area contributed by atoms with Gasteiger partial charge in [-0.15, -0.1) is 11.6 Å². The second-order valence-corrected chi connectivity index (χ2v) is 6.74. The first-order valence-electron chi connectivity index (χ1n) is 6.37. The van der Waals surface area contributed by atoms with Crippen molar-refractivity contribution in [2.45, 2.75) is 5.88 Å². The van der Waals surface area contributed by atoms with Gasteiger partial charge in [0.25, 0.3) is 0 Å². The van der Waals surface area contributed by atoms with Crippen molar-refractivity contribution < 1.29 is 4.74 Å². The van der Waals surface area contributed by atoms with Gasteiger partial charge < -0.3 is 4.74 Å². The molecule has 0 aliphatic carbocycles. The summed E-state index contributed by atoms with van der Waals surface area (Å²) in [6, 6.07) is 18.1. The van der Waals surface area contributed by atoms with Gasteiger partial charge in [-0.1, -0.05) is 44.0 Å². The summed E-state index contributed by atoms with van der Waals surface area (Å²) in [5, 5.41) is 2.31. The van der Waals surface area contributed by atoms with Gasteiger partial charge in [-0.3, -0.25) is 0 Å². The Kier molecular flexibility index (Phi) is 4.53. The number of ether oxygens (including phenoxy) is 1. The lowest BCUT2D eigenvalue weighted by Crippen LogP contribution is -1.90. The lowest BCUT2D eigenvalue weighted by molar-refractivity contribution is 0.479. The van der Waals surface area contributed by atoms with E-state index in [4.69, 9.17) is 16.3 Å². The quantitative estimate of drug-likeness (QED) is 0.414. The molecule has 3 rings (SSSR count). The number of rotatable bonds is 3. The van der Waals surface area contributed by atoms with Gasteiger partial charge >= 0.3 is 0 Å². The number of hydrogen-bond donors (Lipinski definition) is 0. The second-order valence-electron chi connectivity index (χ2n) is 4.64. The molecule has 0 bridgehead atoms. The number of fused-ring (bicyclic) bond motifs is 1. The molecule has 0 atom stereocenters. The van der Waals surface area contributed by atoms with Crippen LogP contribution in [0, 0.1) is 0 Å². The highest BCUT2D eigenvalue weighted by atomic mass is 79.9. The zero-order chi connectivity index (χ0) is 14.8. The summed E-state index contributed by atoms with van der Waals surface area (Å²) in [6.45, 7) is 0. The molecule has 0 saturated carbocycles. The van der Waals surface area contributed by atoms with Crippen LogP contribution < -0.4 is 4.74 Å². The molecule has 0 N–H and O–H groups in total. The molecule has 0 aliphatic heterocycles. The van der Waals surface area contributed by atoms with Crippen molar-refractivity contribution in [3.05, 3.63) is 69.1 Å². The highest BCUT2D eigenvalue weighted by molar-refractivity contribution is 9.10. The highest BCUT2D eigenvalue weighted by Crippen LogP contribution is 2.31. The van der Waals surface area contributed by atoms with Gasteiger partial charge in [0, 0.05) is 14.5 Å². The fraction of sp³-hybridized carbons (Fsp3) is 0.0588. The Bertz CT molecular complexity index is 802. The molecule has 0 spiro atoms. The van der Waals surface area contributed by atoms with Crippen molar-refractivity contribution in [3.8, 4) is 11.5 Å². The Labute approximate surface area is 145 Å². The lowest BCUT2D eigenvalue weighted by Gasteiger charge is -2.11. The van der Waals surface area contributed by atoms with Crippen LogP contribution in [0.1, 0.15) is 5.56 Å². The summed E-state index contributed by atoms with van der Waals surface area (Å²) in [6.07, 6.45) is 0. The predicted octanol–water partition coefficient (Wildman–Crippen LogP) is 6.90. The van der Waals surface area contributed by atoms with Gasteiger partial charge in [0.05, 0.1) is 5.88 Å². The van der Waals surface area contributed by atoms with Gasteiger partial charge in [-0.2, -0.15) is 0 Å². The average molecular weight is 427 g/mol. The molecular formula is C17H11Br2ClO. The summed E-state index contributed by atoms with van der Waals surface area (Å²) >= 11 is 12.9. The maximum Gasteiger partial charge on any atom is 0.131 e. The molecule has 106 valence electrons. The molecule has 4 heteroatoms. The topological polar surface area (TPSA) is 9.23 Å². The van der Waals surface area contributed by atoms with Crippen LogP contribution in [-0.2, 0) is 5.88 Å². The minimum atomic E-state index is 0.412. The molecule has 0 fully saturated rings. The summed E-state index contributed by atoms with van der Waals surface area (Å²) in [7, 11) is 0. The van der Waals surface area contributed by atoms with Crippen molar-refractivity contribution in [1.29, 1.82) is 0 Å². The maximum absolute atomic E-state index is 5.98. The lowest BCUT2D eigenvalue weighted by atomic mass is 10.1. The Balaban J connectivity index is 1.96. The summed E-state index contributed by atoms with van der Waals surface area (Å²) in [5.74, 6) is 2.00. The van der Waals surface area contributed by atoms with E-state index < -0.39 is 0 Å². The van der Waals surface area contributed by atoms with Crippen LogP contribution in [0.3, 0.4) is 0 Å². The van der Waals surface area contributed by atoms with Crippen molar-refractivity contribution in [1.82, 2.24) is 0 Å². The molecule has 0 saturated heterocycles. The van der Waals surface area contributed by atoms with Crippen LogP contribution >= 0.6 is 43.5 Å². The third kappa shape index (κ3) is 3.42. The Morgan fingerprint density at radius 1 is 0.810 bits per heavy atom. The van der Waals surface area contributed by atoms with Crippen LogP contribution in [0.5, 0.6) is 11.5 Å². The van der Waals surface area contributed by atoms with Gasteiger partial charge in [-0.25, -0.2) is 0 Å². The number of alkyl halides is 1. The molecule has 3 aromatic carbocycles. The van der Waals surface area contributed by atoms with Crippen LogP contribution in [0.4, 0.5) is 0 Å². The largest absolute Gasteiger partial charge is 0.457 e. The van der Waals surface area contributed by atoms with Gasteiger partial charge in [0.15, 0.2) is 0 Å². The zero-order valence-corrected chi connectivity index (χ0v) is 14.9. The van der Waals surface area contributed by atoms with E-state index >= 15 is 0 Å². The van der Waals surface area contributed by atoms with E-state index in [1.165, 1.54) is 5.39 Å². The monoisotopic (exact) mass is 424 g/mol. The third-order valence-electron chi connectivity index (χ3n) is 3.17. The van der Waals surface area contributed by atoms with E-state index in [-0.39, 0.29) is 0 Å². The Morgan fingerprint density at radius 3 is 2.29 bits per heavy atom. The molecule has 0 radical (unpaired) electrons. The van der Waals surface area contributed by atoms with E-state index in [0.717, 1.165) is 31.4 Å². The predicted molar refractivity (Wildman–Crippen MR) is 95.4 cm³/mol. The van der Waals surface area contributed by atoms with E-state index in [2.05, 4.69) is 50.1 Å². The smallest absolute Gasteiger partial charge is 0.131 e. The standard InChI is InChI=1S/C17H11Br2ClO/c18-14-3-1-12-9-16(5-2-11(12)7-14)21-17-6-4-15(19)8-13(17)10-20/h1-9H,10H2. The van der Waals surface area contributed by atoms with Crippen molar-refractivity contribution in [2.24, 2.45) is 0 Å². The van der Waals surface area contributed by atoms with Gasteiger partial charge in [0.1, 0.15) is 11.5 Å². The average Bonchev–Trinajstić information content (AvgIpc) is 2.49. The summed E-state index contributed by atoms with van der Waals surface area (Å²) < 4.78 is 8.04. The van der Waals surface area contributed by atoms with Crippen LogP contribution in [0.2, 0.25) is 0 Å². The molecule has 21 heavy (non-hydrogen) atoms. The van der Waals surface area contributed by atoms with Crippen molar-refractivity contribution >= 4 is 54.2 Å². The minimum absolute atomic E-state index is 0.412. The van der Waals surface area contributed by atoms with E-state index in [0.29, 0.717) is 5.88 Å². The Morgan fingerprint density at radius 2 is 1.48 bits per heavy atom. The molecule has 0 aromatic heterocycles. The fourth-order valence-corrected chi connectivity index (χ4v) is 3.13. The molecule has 3 aromatic rings.